The van der Waals surface area contributed by atoms with Crippen molar-refractivity contribution < 1.29 is 9.53 Å². The maximum atomic E-state index is 12.7. The van der Waals surface area contributed by atoms with E-state index in [2.05, 4.69) is 29.6 Å². The van der Waals surface area contributed by atoms with E-state index < -0.39 is 0 Å². The lowest BCUT2D eigenvalue weighted by Crippen LogP contribution is -2.70. The van der Waals surface area contributed by atoms with Crippen LogP contribution < -0.4 is 5.32 Å². The van der Waals surface area contributed by atoms with Crippen LogP contribution in [0.1, 0.15) is 37.9 Å². The summed E-state index contributed by atoms with van der Waals surface area (Å²) in [6.07, 6.45) is 2.03. The van der Waals surface area contributed by atoms with Crippen molar-refractivity contribution >= 4 is 22.6 Å². The van der Waals surface area contributed by atoms with E-state index in [4.69, 9.17) is 4.74 Å². The van der Waals surface area contributed by atoms with Crippen LogP contribution in [-0.4, -0.2) is 41.1 Å². The number of nitrogens with zero attached hydrogens (tertiary/aromatic N) is 3. The molecular formula is C16H22N4O2S. The Balaban J connectivity index is 1.74. The van der Waals surface area contributed by atoms with Gasteiger partial charge in [-0.05, 0) is 37.2 Å². The van der Waals surface area contributed by atoms with E-state index in [9.17, 15) is 10.1 Å². The maximum Gasteiger partial charge on any atom is 0.322 e. The van der Waals surface area contributed by atoms with E-state index in [0.717, 1.165) is 32.6 Å². The van der Waals surface area contributed by atoms with Crippen LogP contribution in [0.4, 0.5) is 9.80 Å². The Bertz CT molecular complexity index is 643. The Kier molecular flexibility index (Phi) is 4.30. The van der Waals surface area contributed by atoms with Crippen molar-refractivity contribution in [1.29, 1.82) is 5.26 Å². The summed E-state index contributed by atoms with van der Waals surface area (Å²) in [4.78, 5) is 14.6. The third-order valence-electron chi connectivity index (χ3n) is 5.02. The molecule has 2 amide bonds. The minimum absolute atomic E-state index is 0.124. The largest absolute Gasteiger partial charge is 0.381 e. The van der Waals surface area contributed by atoms with E-state index in [1.807, 2.05) is 4.90 Å². The first kappa shape index (κ1) is 16.2. The zero-order valence-corrected chi connectivity index (χ0v) is 14.6. The van der Waals surface area contributed by atoms with E-state index in [0.29, 0.717) is 22.2 Å². The second-order valence-electron chi connectivity index (χ2n) is 6.81. The molecule has 1 N–H and O–H groups in total. The first-order chi connectivity index (χ1) is 11.0. The van der Waals surface area contributed by atoms with Crippen LogP contribution in [0.25, 0.3) is 0 Å². The summed E-state index contributed by atoms with van der Waals surface area (Å²) in [6.45, 7) is 8.45. The molecule has 0 saturated carbocycles. The molecule has 1 spiro atoms. The molecule has 3 rings (SSSR count). The van der Waals surface area contributed by atoms with Gasteiger partial charge in [0.25, 0.3) is 0 Å². The molecule has 0 aliphatic carbocycles. The molecule has 124 valence electrons. The lowest BCUT2D eigenvalue weighted by atomic mass is 9.63. The predicted octanol–water partition coefficient (Wildman–Crippen LogP) is 2.99. The Morgan fingerprint density at radius 2 is 2.22 bits per heavy atom. The maximum absolute atomic E-state index is 12.7. The molecule has 23 heavy (non-hydrogen) atoms. The zero-order valence-electron chi connectivity index (χ0n) is 13.8. The van der Waals surface area contributed by atoms with Crippen LogP contribution in [0.5, 0.6) is 0 Å². The zero-order chi connectivity index (χ0) is 16.6. The number of nitrogens with one attached hydrogen (secondary N) is 1. The van der Waals surface area contributed by atoms with Crippen molar-refractivity contribution in [3.63, 3.8) is 0 Å². The molecule has 1 unspecified atom stereocenters. The quantitative estimate of drug-likeness (QED) is 0.902. The third-order valence-corrected chi connectivity index (χ3v) is 5.88. The van der Waals surface area contributed by atoms with Crippen molar-refractivity contribution in [2.24, 2.45) is 11.3 Å². The molecule has 2 saturated heterocycles. The van der Waals surface area contributed by atoms with Gasteiger partial charge in [0.2, 0.25) is 0 Å². The summed E-state index contributed by atoms with van der Waals surface area (Å²) in [5.74, 6) is 0.395. The molecule has 2 fully saturated rings. The van der Waals surface area contributed by atoms with E-state index in [1.54, 1.807) is 6.92 Å². The predicted molar refractivity (Wildman–Crippen MR) is 88.4 cm³/mol. The summed E-state index contributed by atoms with van der Waals surface area (Å²) in [5, 5.41) is 12.6. The highest BCUT2D eigenvalue weighted by Gasteiger charge is 2.55. The Hall–Kier alpha value is -1.65. The first-order valence-electron chi connectivity index (χ1n) is 8.00. The topological polar surface area (TPSA) is 78.2 Å². The monoisotopic (exact) mass is 334 g/mol. The van der Waals surface area contributed by atoms with E-state index in [-0.39, 0.29) is 17.5 Å². The summed E-state index contributed by atoms with van der Waals surface area (Å²) in [5.41, 5.74) is 1.33. The van der Waals surface area contributed by atoms with Crippen LogP contribution in [0.3, 0.4) is 0 Å². The number of ether oxygens (including phenoxy) is 1. The van der Waals surface area contributed by atoms with E-state index >= 15 is 0 Å². The van der Waals surface area contributed by atoms with Crippen LogP contribution in [0, 0.1) is 29.6 Å². The fraction of sp³-hybridized carbons (Fsp3) is 0.688. The summed E-state index contributed by atoms with van der Waals surface area (Å²) in [7, 11) is 0. The highest BCUT2D eigenvalue weighted by atomic mass is 32.1. The first-order valence-corrected chi connectivity index (χ1v) is 8.77. The molecule has 0 radical (unpaired) electrons. The molecular weight excluding hydrogens is 312 g/mol. The van der Waals surface area contributed by atoms with Gasteiger partial charge in [-0.2, -0.15) is 9.64 Å². The number of aryl methyl sites for hydroxylation is 1. The number of carbonyl (C=O) groups excluding carboxylic acids is 1. The molecule has 6 nitrogen and oxygen atoms in total. The van der Waals surface area contributed by atoms with Gasteiger partial charge in [-0.3, -0.25) is 5.32 Å². The van der Waals surface area contributed by atoms with Crippen molar-refractivity contribution in [2.75, 3.05) is 25.1 Å². The fourth-order valence-electron chi connectivity index (χ4n) is 4.00. The molecule has 3 heterocycles. The van der Waals surface area contributed by atoms with Crippen molar-refractivity contribution in [2.45, 2.75) is 39.7 Å². The van der Waals surface area contributed by atoms with Gasteiger partial charge in [-0.1, -0.05) is 13.8 Å². The summed E-state index contributed by atoms with van der Waals surface area (Å²) >= 11 is 1.17. The number of rotatable bonds is 2. The molecule has 1 aromatic rings. The summed E-state index contributed by atoms with van der Waals surface area (Å²) in [6, 6.07) is 2.22. The van der Waals surface area contributed by atoms with Gasteiger partial charge in [-0.15, -0.1) is 0 Å². The normalized spacial score (nSPS) is 22.7. The average Bonchev–Trinajstić information content (AvgIpc) is 2.85. The Morgan fingerprint density at radius 3 is 2.83 bits per heavy atom. The van der Waals surface area contributed by atoms with Gasteiger partial charge in [0.15, 0.2) is 0 Å². The van der Waals surface area contributed by atoms with Crippen LogP contribution in [0.2, 0.25) is 0 Å². The minimum atomic E-state index is -0.124. The lowest BCUT2D eigenvalue weighted by molar-refractivity contribution is -0.122. The molecule has 2 aliphatic rings. The van der Waals surface area contributed by atoms with Crippen molar-refractivity contribution in [3.05, 3.63) is 11.3 Å². The Morgan fingerprint density at radius 1 is 1.52 bits per heavy atom. The van der Waals surface area contributed by atoms with Crippen LogP contribution in [-0.2, 0) is 4.74 Å². The highest BCUT2D eigenvalue weighted by Crippen LogP contribution is 2.49. The number of hydrogen-bond donors (Lipinski definition) is 1. The number of aromatic nitrogens is 1. The SMILES string of the molecule is Cc1nsc(NC(=O)N2CC3(CCOCC3)C2C(C)C)c1C#N. The third kappa shape index (κ3) is 2.70. The standard InChI is InChI=1S/C16H22N4O2S/c1-10(2)13-16(4-6-22-7-5-16)9-20(13)15(21)18-14-12(8-17)11(3)19-23-14/h10,13H,4-7,9H2,1-3H3,(H,18,21). The molecule has 7 heteroatoms. The number of amides is 2. The van der Waals surface area contributed by atoms with Crippen LogP contribution in [0.15, 0.2) is 0 Å². The highest BCUT2D eigenvalue weighted by molar-refractivity contribution is 7.10. The van der Waals surface area contributed by atoms with Crippen molar-refractivity contribution in [3.8, 4) is 6.07 Å². The second kappa shape index (κ2) is 6.10. The Labute approximate surface area is 140 Å². The summed E-state index contributed by atoms with van der Waals surface area (Å²) < 4.78 is 9.64. The number of hydrogen-bond acceptors (Lipinski definition) is 5. The van der Waals surface area contributed by atoms with Gasteiger partial charge < -0.3 is 9.64 Å². The lowest BCUT2D eigenvalue weighted by Gasteiger charge is -2.60. The number of carbonyl (C=O) groups is 1. The van der Waals surface area contributed by atoms with E-state index in [1.165, 1.54) is 11.5 Å². The molecule has 0 aromatic carbocycles. The number of likely N-dealkylation sites (tertiary alicyclic amines) is 1. The minimum Gasteiger partial charge on any atom is -0.381 e. The van der Waals surface area contributed by atoms with Gasteiger partial charge in [-0.25, -0.2) is 4.79 Å². The molecule has 2 aliphatic heterocycles. The van der Waals surface area contributed by atoms with Gasteiger partial charge >= 0.3 is 6.03 Å². The molecule has 1 atom stereocenters. The molecule has 1 aromatic heterocycles. The molecule has 0 bridgehead atoms. The van der Waals surface area contributed by atoms with Crippen molar-refractivity contribution in [1.82, 2.24) is 9.27 Å². The fourth-order valence-corrected chi connectivity index (χ4v) is 4.74. The van der Waals surface area contributed by atoms with Crippen LogP contribution >= 0.6 is 11.5 Å². The number of nitriles is 1. The van der Waals surface area contributed by atoms with Gasteiger partial charge in [0.05, 0.1) is 5.69 Å². The average molecular weight is 334 g/mol. The second-order valence-corrected chi connectivity index (χ2v) is 7.58. The number of urea groups is 1. The smallest absolute Gasteiger partial charge is 0.322 e. The van der Waals surface area contributed by atoms with Gasteiger partial charge in [0, 0.05) is 31.2 Å². The number of anilines is 1. The van der Waals surface area contributed by atoms with Gasteiger partial charge in [0.1, 0.15) is 16.6 Å².